The fourth-order valence-electron chi connectivity index (χ4n) is 3.61. The summed E-state index contributed by atoms with van der Waals surface area (Å²) in [6.07, 6.45) is 10.6. The Morgan fingerprint density at radius 2 is 1.97 bits per heavy atom. The minimum absolute atomic E-state index is 0.0461. The van der Waals surface area contributed by atoms with E-state index in [1.54, 1.807) is 21.6 Å². The van der Waals surface area contributed by atoms with Crippen LogP contribution in [0.3, 0.4) is 0 Å². The average Bonchev–Trinajstić information content (AvgIpc) is 2.74. The summed E-state index contributed by atoms with van der Waals surface area (Å²) in [5.74, 6) is -0.0861. The molecule has 0 saturated heterocycles. The summed E-state index contributed by atoms with van der Waals surface area (Å²) in [4.78, 5) is 27.6. The molecule has 2 aromatic rings. The molecule has 1 amide bonds. The van der Waals surface area contributed by atoms with Crippen LogP contribution >= 0.6 is 0 Å². The Bertz CT molecular complexity index is 1060. The maximum absolute atomic E-state index is 13.8. The van der Waals surface area contributed by atoms with Crippen molar-refractivity contribution >= 4 is 5.91 Å². The lowest BCUT2D eigenvalue weighted by atomic mass is 9.95. The zero-order chi connectivity index (χ0) is 21.0. The highest BCUT2D eigenvalue weighted by Crippen LogP contribution is 2.30. The van der Waals surface area contributed by atoms with Gasteiger partial charge in [-0.05, 0) is 61.9 Å². The topological polar surface area (TPSA) is 42.3 Å². The molecule has 0 N–H and O–H groups in total. The van der Waals surface area contributed by atoms with E-state index in [1.807, 2.05) is 51.2 Å². The molecule has 0 aliphatic heterocycles. The van der Waals surface area contributed by atoms with Gasteiger partial charge in [-0.2, -0.15) is 0 Å². The number of hydrogen-bond donors (Lipinski definition) is 0. The highest BCUT2D eigenvalue weighted by atomic mass is 16.2. The third kappa shape index (κ3) is 4.16. The summed E-state index contributed by atoms with van der Waals surface area (Å²) in [7, 11) is 0. The first-order chi connectivity index (χ1) is 14.0. The molecule has 1 aliphatic rings. The second kappa shape index (κ2) is 8.91. The van der Waals surface area contributed by atoms with Gasteiger partial charge in [0.25, 0.3) is 11.5 Å². The molecule has 3 rings (SSSR count). The maximum Gasteiger partial charge on any atom is 0.263 e. The third-order valence-electron chi connectivity index (χ3n) is 5.28. The molecule has 1 aromatic carbocycles. The Balaban J connectivity index is 2.16. The van der Waals surface area contributed by atoms with Crippen molar-refractivity contribution in [3.8, 4) is 11.1 Å². The number of aromatic nitrogens is 1. The quantitative estimate of drug-likeness (QED) is 0.661. The number of nitrogens with zero attached hydrogens (tertiary/aromatic N) is 2. The van der Waals surface area contributed by atoms with Gasteiger partial charge in [-0.15, -0.1) is 0 Å². The molecule has 0 unspecified atom stereocenters. The van der Waals surface area contributed by atoms with Gasteiger partial charge in [-0.1, -0.05) is 43.9 Å². The van der Waals surface area contributed by atoms with Crippen LogP contribution in [0.5, 0.6) is 0 Å². The SMILES string of the molecule is C=C(CC)N(C(=O)c1c(C)cccc1-c1ccc(=O)n(CC)c1)C1=CCCC=C1. The lowest BCUT2D eigenvalue weighted by molar-refractivity contribution is 0.0845. The molecule has 0 spiro atoms. The highest BCUT2D eigenvalue weighted by molar-refractivity contribution is 6.04. The minimum atomic E-state index is -0.0861. The second-order valence-electron chi connectivity index (χ2n) is 7.21. The van der Waals surface area contributed by atoms with Crippen molar-refractivity contribution in [2.75, 3.05) is 0 Å². The fraction of sp³-hybridized carbons (Fsp3) is 0.280. The molecule has 0 saturated carbocycles. The molecule has 0 bridgehead atoms. The van der Waals surface area contributed by atoms with Crippen LogP contribution in [0.4, 0.5) is 0 Å². The van der Waals surface area contributed by atoms with Crippen LogP contribution in [0.1, 0.15) is 49.0 Å². The molecule has 29 heavy (non-hydrogen) atoms. The monoisotopic (exact) mass is 388 g/mol. The average molecular weight is 389 g/mol. The number of aryl methyl sites for hydroxylation is 2. The molecule has 0 radical (unpaired) electrons. The number of hydrogen-bond acceptors (Lipinski definition) is 2. The number of carbonyl (C=O) groups is 1. The standard InChI is InChI=1S/C25H28N2O2/c1-5-19(4)27(21-12-8-7-9-13-21)25(29)24-18(3)11-10-14-22(24)20-15-16-23(28)26(6-2)17-20/h8,10-17H,4-7,9H2,1-3H3. The van der Waals surface area contributed by atoms with Crippen LogP contribution < -0.4 is 5.56 Å². The molecule has 4 heteroatoms. The summed E-state index contributed by atoms with van der Waals surface area (Å²) < 4.78 is 1.65. The Morgan fingerprint density at radius 1 is 1.17 bits per heavy atom. The predicted octanol–water partition coefficient (Wildman–Crippen LogP) is 5.44. The van der Waals surface area contributed by atoms with Crippen LogP contribution in [0.15, 0.2) is 77.5 Å². The van der Waals surface area contributed by atoms with Crippen molar-refractivity contribution < 1.29 is 4.79 Å². The van der Waals surface area contributed by atoms with Crippen LogP contribution in [-0.2, 0) is 6.54 Å². The van der Waals surface area contributed by atoms with Gasteiger partial charge in [0.1, 0.15) is 0 Å². The number of amides is 1. The smallest absolute Gasteiger partial charge is 0.263 e. The second-order valence-corrected chi connectivity index (χ2v) is 7.21. The van der Waals surface area contributed by atoms with Gasteiger partial charge >= 0.3 is 0 Å². The molecule has 1 aliphatic carbocycles. The molecular weight excluding hydrogens is 360 g/mol. The lowest BCUT2D eigenvalue weighted by Gasteiger charge is -2.28. The summed E-state index contributed by atoms with van der Waals surface area (Å²) >= 11 is 0. The number of rotatable bonds is 6. The Labute approximate surface area is 172 Å². The van der Waals surface area contributed by atoms with E-state index in [1.165, 1.54) is 0 Å². The van der Waals surface area contributed by atoms with E-state index in [0.29, 0.717) is 18.5 Å². The summed E-state index contributed by atoms with van der Waals surface area (Å²) in [5, 5.41) is 0. The molecule has 1 heterocycles. The fourth-order valence-corrected chi connectivity index (χ4v) is 3.61. The maximum atomic E-state index is 13.8. The van der Waals surface area contributed by atoms with E-state index in [0.717, 1.165) is 40.9 Å². The van der Waals surface area contributed by atoms with Crippen LogP contribution in [0.2, 0.25) is 0 Å². The number of benzene rings is 1. The largest absolute Gasteiger partial charge is 0.315 e. The van der Waals surface area contributed by atoms with Gasteiger partial charge in [0.05, 0.1) is 5.56 Å². The molecule has 150 valence electrons. The zero-order valence-electron chi connectivity index (χ0n) is 17.4. The van der Waals surface area contributed by atoms with E-state index in [-0.39, 0.29) is 11.5 Å². The first-order valence-corrected chi connectivity index (χ1v) is 10.2. The Kier molecular flexibility index (Phi) is 6.32. The molecule has 1 aromatic heterocycles. The lowest BCUT2D eigenvalue weighted by Crippen LogP contribution is -2.30. The van der Waals surface area contributed by atoms with Crippen molar-refractivity contribution in [1.29, 1.82) is 0 Å². The normalized spacial score (nSPS) is 13.1. The van der Waals surface area contributed by atoms with Gasteiger partial charge < -0.3 is 4.57 Å². The van der Waals surface area contributed by atoms with E-state index in [4.69, 9.17) is 0 Å². The van der Waals surface area contributed by atoms with Gasteiger partial charge in [-0.25, -0.2) is 0 Å². The van der Waals surface area contributed by atoms with E-state index < -0.39 is 0 Å². The van der Waals surface area contributed by atoms with Crippen LogP contribution in [0.25, 0.3) is 11.1 Å². The molecule has 4 nitrogen and oxygen atoms in total. The first kappa shape index (κ1) is 20.6. The molecule has 0 atom stereocenters. The van der Waals surface area contributed by atoms with Crippen molar-refractivity contribution in [3.63, 3.8) is 0 Å². The van der Waals surface area contributed by atoms with Crippen LogP contribution in [0, 0.1) is 6.92 Å². The van der Waals surface area contributed by atoms with Gasteiger partial charge in [0.2, 0.25) is 0 Å². The van der Waals surface area contributed by atoms with E-state index in [2.05, 4.69) is 18.7 Å². The summed E-state index contributed by atoms with van der Waals surface area (Å²) in [6.45, 7) is 10.6. The van der Waals surface area contributed by atoms with Crippen LogP contribution in [-0.4, -0.2) is 15.4 Å². The highest BCUT2D eigenvalue weighted by Gasteiger charge is 2.25. The molecular formula is C25H28N2O2. The Hall–Kier alpha value is -3.14. The summed E-state index contributed by atoms with van der Waals surface area (Å²) in [5.41, 5.74) is 4.82. The third-order valence-corrected chi connectivity index (χ3v) is 5.28. The summed E-state index contributed by atoms with van der Waals surface area (Å²) in [6, 6.07) is 9.19. The van der Waals surface area contributed by atoms with E-state index in [9.17, 15) is 9.59 Å². The number of pyridine rings is 1. The number of allylic oxidation sites excluding steroid dienone is 4. The van der Waals surface area contributed by atoms with Gasteiger partial charge in [0, 0.05) is 30.2 Å². The van der Waals surface area contributed by atoms with Crippen molar-refractivity contribution in [1.82, 2.24) is 9.47 Å². The zero-order valence-corrected chi connectivity index (χ0v) is 17.4. The number of carbonyl (C=O) groups excluding carboxylic acids is 1. The first-order valence-electron chi connectivity index (χ1n) is 10.2. The minimum Gasteiger partial charge on any atom is -0.315 e. The van der Waals surface area contributed by atoms with Gasteiger partial charge in [0.15, 0.2) is 0 Å². The van der Waals surface area contributed by atoms with Gasteiger partial charge in [-0.3, -0.25) is 14.5 Å². The van der Waals surface area contributed by atoms with Crippen molar-refractivity contribution in [3.05, 3.63) is 94.2 Å². The van der Waals surface area contributed by atoms with Crippen molar-refractivity contribution in [2.24, 2.45) is 0 Å². The molecule has 0 fully saturated rings. The predicted molar refractivity (Wildman–Crippen MR) is 119 cm³/mol. The Morgan fingerprint density at radius 3 is 2.62 bits per heavy atom. The van der Waals surface area contributed by atoms with Crippen molar-refractivity contribution in [2.45, 2.75) is 46.6 Å². The van der Waals surface area contributed by atoms with E-state index >= 15 is 0 Å².